The van der Waals surface area contributed by atoms with Crippen LogP contribution in [0.3, 0.4) is 0 Å². The molecule has 0 bridgehead atoms. The number of carbonyl (C=O) groups excluding carboxylic acids is 1. The summed E-state index contributed by atoms with van der Waals surface area (Å²) in [5.74, 6) is -1.43. The average Bonchev–Trinajstić information content (AvgIpc) is 3.23. The molecule has 0 spiro atoms. The van der Waals surface area contributed by atoms with Gasteiger partial charge in [0.2, 0.25) is 0 Å². The molecule has 0 N–H and O–H groups in total. The first kappa shape index (κ1) is 21.0. The normalized spacial score (nSPS) is 15.3. The van der Waals surface area contributed by atoms with Crippen LogP contribution in [-0.4, -0.2) is 29.2 Å². The van der Waals surface area contributed by atoms with E-state index >= 15 is 0 Å². The van der Waals surface area contributed by atoms with Gasteiger partial charge in [0.05, 0.1) is 17.8 Å². The number of halogens is 3. The lowest BCUT2D eigenvalue weighted by Crippen LogP contribution is -2.37. The van der Waals surface area contributed by atoms with Crippen LogP contribution < -0.4 is 0 Å². The van der Waals surface area contributed by atoms with Gasteiger partial charge in [-0.05, 0) is 35.9 Å². The molecule has 1 aliphatic heterocycles. The monoisotopic (exact) mass is 440 g/mol. The minimum Gasteiger partial charge on any atom is -0.390 e. The van der Waals surface area contributed by atoms with Crippen LogP contribution in [0.2, 0.25) is 5.02 Å². The van der Waals surface area contributed by atoms with Gasteiger partial charge in [0.15, 0.2) is 6.10 Å². The Morgan fingerprint density at radius 3 is 2.61 bits per heavy atom. The molecule has 1 unspecified atom stereocenters. The van der Waals surface area contributed by atoms with E-state index in [9.17, 15) is 13.6 Å². The third-order valence-electron chi connectivity index (χ3n) is 5.03. The van der Waals surface area contributed by atoms with E-state index in [0.717, 1.165) is 5.56 Å². The molecule has 0 saturated heterocycles. The summed E-state index contributed by atoms with van der Waals surface area (Å²) in [4.78, 5) is 20.2. The van der Waals surface area contributed by atoms with Gasteiger partial charge in [-0.2, -0.15) is 0 Å². The largest absolute Gasteiger partial charge is 0.390 e. The van der Waals surface area contributed by atoms with Crippen LogP contribution in [0.15, 0.2) is 78.0 Å². The fraction of sp³-hybridized carbons (Fsp3) is 0.167. The summed E-state index contributed by atoms with van der Waals surface area (Å²) in [5, 5.41) is 4.58. The van der Waals surface area contributed by atoms with Crippen molar-refractivity contribution in [2.75, 3.05) is 6.54 Å². The van der Waals surface area contributed by atoms with Gasteiger partial charge in [0, 0.05) is 23.6 Å². The van der Waals surface area contributed by atoms with Crippen LogP contribution in [-0.2, 0) is 11.4 Å². The number of rotatable bonds is 6. The Morgan fingerprint density at radius 2 is 1.84 bits per heavy atom. The van der Waals surface area contributed by atoms with Crippen molar-refractivity contribution >= 4 is 23.2 Å². The first-order valence-corrected chi connectivity index (χ1v) is 10.1. The Labute approximate surface area is 183 Å². The van der Waals surface area contributed by atoms with E-state index in [1.54, 1.807) is 30.3 Å². The summed E-state index contributed by atoms with van der Waals surface area (Å²) < 4.78 is 27.8. The van der Waals surface area contributed by atoms with Crippen LogP contribution in [0.5, 0.6) is 0 Å². The molecule has 1 amide bonds. The lowest BCUT2D eigenvalue weighted by molar-refractivity contribution is 0.0402. The maximum absolute atomic E-state index is 14.3. The number of hydrogen-bond acceptors (Lipinski definition) is 3. The van der Waals surface area contributed by atoms with Crippen LogP contribution >= 0.6 is 11.6 Å². The highest BCUT2D eigenvalue weighted by molar-refractivity contribution is 6.31. The summed E-state index contributed by atoms with van der Waals surface area (Å²) >= 11 is 6.28. The summed E-state index contributed by atoms with van der Waals surface area (Å²) in [6.45, 7) is 0.350. The second-order valence-corrected chi connectivity index (χ2v) is 7.64. The highest BCUT2D eigenvalue weighted by Crippen LogP contribution is 2.23. The van der Waals surface area contributed by atoms with E-state index in [0.29, 0.717) is 22.7 Å². The van der Waals surface area contributed by atoms with E-state index in [-0.39, 0.29) is 24.5 Å². The van der Waals surface area contributed by atoms with Crippen molar-refractivity contribution in [3.63, 3.8) is 0 Å². The van der Waals surface area contributed by atoms with E-state index in [1.165, 1.54) is 35.2 Å². The summed E-state index contributed by atoms with van der Waals surface area (Å²) in [5.41, 5.74) is 1.93. The highest BCUT2D eigenvalue weighted by Gasteiger charge is 2.28. The smallest absolute Gasteiger partial charge is 0.257 e. The van der Waals surface area contributed by atoms with Crippen molar-refractivity contribution in [3.8, 4) is 0 Å². The van der Waals surface area contributed by atoms with Crippen molar-refractivity contribution in [2.45, 2.75) is 19.1 Å². The molecule has 0 fully saturated rings. The van der Waals surface area contributed by atoms with Crippen molar-refractivity contribution < 1.29 is 18.4 Å². The lowest BCUT2D eigenvalue weighted by atomic mass is 10.0. The van der Waals surface area contributed by atoms with Gasteiger partial charge in [0.1, 0.15) is 11.6 Å². The molecule has 3 aromatic carbocycles. The molecule has 31 heavy (non-hydrogen) atoms. The predicted molar refractivity (Wildman–Crippen MR) is 115 cm³/mol. The zero-order valence-electron chi connectivity index (χ0n) is 16.5. The third kappa shape index (κ3) is 4.91. The number of amides is 1. The van der Waals surface area contributed by atoms with Gasteiger partial charge in [0.25, 0.3) is 5.91 Å². The standard InChI is InChI=1S/C24H19ClF2N2O2/c25-21-10-3-1-6-17(21)14-29(24(30)20-9-2-4-11-22(20)27)15-19-13-23(28-31-19)16-7-5-8-18(26)12-16/h1-12,19H,13-15H2. The molecule has 4 rings (SSSR count). The van der Waals surface area contributed by atoms with Crippen LogP contribution in [0.4, 0.5) is 8.78 Å². The number of nitrogens with zero attached hydrogens (tertiary/aromatic N) is 2. The topological polar surface area (TPSA) is 41.9 Å². The fourth-order valence-electron chi connectivity index (χ4n) is 3.47. The summed E-state index contributed by atoms with van der Waals surface area (Å²) in [7, 11) is 0. The Balaban J connectivity index is 1.54. The molecule has 4 nitrogen and oxygen atoms in total. The van der Waals surface area contributed by atoms with Gasteiger partial charge in [-0.1, -0.05) is 59.2 Å². The van der Waals surface area contributed by atoms with Gasteiger partial charge in [-0.3, -0.25) is 4.79 Å². The maximum Gasteiger partial charge on any atom is 0.257 e. The van der Waals surface area contributed by atoms with Gasteiger partial charge in [-0.15, -0.1) is 0 Å². The zero-order valence-corrected chi connectivity index (χ0v) is 17.2. The Bertz CT molecular complexity index is 1140. The van der Waals surface area contributed by atoms with Gasteiger partial charge < -0.3 is 9.74 Å². The van der Waals surface area contributed by atoms with Crippen LogP contribution in [0.25, 0.3) is 0 Å². The molecule has 1 atom stereocenters. The van der Waals surface area contributed by atoms with Crippen molar-refractivity contribution in [1.82, 2.24) is 4.90 Å². The lowest BCUT2D eigenvalue weighted by Gasteiger charge is -2.25. The molecule has 3 aromatic rings. The van der Waals surface area contributed by atoms with Crippen LogP contribution in [0, 0.1) is 11.6 Å². The molecule has 0 aromatic heterocycles. The second-order valence-electron chi connectivity index (χ2n) is 7.24. The van der Waals surface area contributed by atoms with Gasteiger partial charge >= 0.3 is 0 Å². The molecule has 0 radical (unpaired) electrons. The van der Waals surface area contributed by atoms with Crippen molar-refractivity contribution in [1.29, 1.82) is 0 Å². The summed E-state index contributed by atoms with van der Waals surface area (Å²) in [6.07, 6.45) is -0.0518. The van der Waals surface area contributed by atoms with Crippen molar-refractivity contribution in [3.05, 3.63) is 106 Å². The van der Waals surface area contributed by atoms with E-state index in [1.807, 2.05) is 12.1 Å². The molecular weight excluding hydrogens is 422 g/mol. The minimum atomic E-state index is -0.597. The number of oxime groups is 1. The second kappa shape index (κ2) is 9.27. The summed E-state index contributed by atoms with van der Waals surface area (Å²) in [6, 6.07) is 19.1. The molecule has 158 valence electrons. The molecule has 1 aliphatic rings. The SMILES string of the molecule is O=C(c1ccccc1F)N(Cc1ccccc1Cl)CC1CC(c2cccc(F)c2)=NO1. The molecule has 1 heterocycles. The fourth-order valence-corrected chi connectivity index (χ4v) is 3.66. The number of benzene rings is 3. The highest BCUT2D eigenvalue weighted by atomic mass is 35.5. The van der Waals surface area contributed by atoms with Gasteiger partial charge in [-0.25, -0.2) is 8.78 Å². The Hall–Kier alpha value is -3.25. The Morgan fingerprint density at radius 1 is 1.06 bits per heavy atom. The first-order valence-electron chi connectivity index (χ1n) is 9.77. The predicted octanol–water partition coefficient (Wildman–Crippen LogP) is 5.45. The molecule has 0 aliphatic carbocycles. The molecule has 0 saturated carbocycles. The maximum atomic E-state index is 14.3. The first-order chi connectivity index (χ1) is 15.0. The van der Waals surface area contributed by atoms with E-state index in [2.05, 4.69) is 5.16 Å². The van der Waals surface area contributed by atoms with Crippen molar-refractivity contribution in [2.24, 2.45) is 5.16 Å². The quantitative estimate of drug-likeness (QED) is 0.511. The Kier molecular flexibility index (Phi) is 6.28. The number of carbonyl (C=O) groups is 1. The van der Waals surface area contributed by atoms with E-state index < -0.39 is 17.8 Å². The molecular formula is C24H19ClF2N2O2. The third-order valence-corrected chi connectivity index (χ3v) is 5.39. The zero-order chi connectivity index (χ0) is 21.8. The minimum absolute atomic E-state index is 0.0289. The number of hydrogen-bond donors (Lipinski definition) is 0. The molecule has 7 heteroatoms. The average molecular weight is 441 g/mol. The van der Waals surface area contributed by atoms with Crippen LogP contribution in [0.1, 0.15) is 27.9 Å². The van der Waals surface area contributed by atoms with E-state index in [4.69, 9.17) is 16.4 Å².